The zero-order valence-electron chi connectivity index (χ0n) is 12.4. The summed E-state index contributed by atoms with van der Waals surface area (Å²) in [6.45, 7) is 1.81. The minimum absolute atomic E-state index is 0.0639. The molecule has 0 aliphatic carbocycles. The standard InChI is InChI=1S/C16H15N3O2S2/c1-11-7-8-13(15(9-11)23(17,20)21)18-16-19-14(10-22-16)12-5-3-2-4-6-12/h2-10H,1H3,(H,18,19)(H2,17,20,21). The van der Waals surface area contributed by atoms with E-state index in [0.717, 1.165) is 16.8 Å². The Balaban J connectivity index is 1.94. The van der Waals surface area contributed by atoms with Crippen molar-refractivity contribution >= 4 is 32.2 Å². The van der Waals surface area contributed by atoms with Gasteiger partial charge >= 0.3 is 0 Å². The Labute approximate surface area is 138 Å². The van der Waals surface area contributed by atoms with Gasteiger partial charge in [-0.3, -0.25) is 0 Å². The number of sulfonamides is 1. The van der Waals surface area contributed by atoms with Gasteiger partial charge in [-0.05, 0) is 24.6 Å². The van der Waals surface area contributed by atoms with Crippen LogP contribution < -0.4 is 10.5 Å². The average Bonchev–Trinajstić information content (AvgIpc) is 2.97. The number of anilines is 2. The van der Waals surface area contributed by atoms with E-state index in [1.807, 2.05) is 48.7 Å². The second kappa shape index (κ2) is 6.11. The number of hydrogen-bond acceptors (Lipinski definition) is 5. The van der Waals surface area contributed by atoms with E-state index in [9.17, 15) is 8.42 Å². The molecule has 118 valence electrons. The van der Waals surface area contributed by atoms with Crippen LogP contribution >= 0.6 is 11.3 Å². The molecule has 2 aromatic carbocycles. The van der Waals surface area contributed by atoms with Gasteiger partial charge in [-0.1, -0.05) is 36.4 Å². The molecule has 3 aromatic rings. The Bertz CT molecular complexity index is 935. The lowest BCUT2D eigenvalue weighted by Crippen LogP contribution is -2.14. The van der Waals surface area contributed by atoms with E-state index in [1.54, 1.807) is 12.1 Å². The van der Waals surface area contributed by atoms with E-state index < -0.39 is 10.0 Å². The molecule has 1 aromatic heterocycles. The van der Waals surface area contributed by atoms with Gasteiger partial charge in [0.25, 0.3) is 0 Å². The lowest BCUT2D eigenvalue weighted by Gasteiger charge is -2.09. The van der Waals surface area contributed by atoms with E-state index in [2.05, 4.69) is 10.3 Å². The van der Waals surface area contributed by atoms with Crippen LogP contribution in [0.2, 0.25) is 0 Å². The molecule has 1 heterocycles. The van der Waals surface area contributed by atoms with Crippen LogP contribution in [0.25, 0.3) is 11.3 Å². The summed E-state index contributed by atoms with van der Waals surface area (Å²) in [5.74, 6) is 0. The smallest absolute Gasteiger partial charge is 0.240 e. The van der Waals surface area contributed by atoms with Gasteiger partial charge in [-0.2, -0.15) is 0 Å². The number of thiazole rings is 1. The number of benzene rings is 2. The Kier molecular flexibility index (Phi) is 4.16. The third kappa shape index (κ3) is 3.58. The molecule has 0 bridgehead atoms. The van der Waals surface area contributed by atoms with Crippen LogP contribution in [-0.4, -0.2) is 13.4 Å². The summed E-state index contributed by atoms with van der Waals surface area (Å²) in [6, 6.07) is 14.8. The molecule has 0 atom stereocenters. The first-order valence-corrected chi connectivity index (χ1v) is 9.27. The summed E-state index contributed by atoms with van der Waals surface area (Å²) in [7, 11) is -3.81. The fourth-order valence-electron chi connectivity index (χ4n) is 2.16. The van der Waals surface area contributed by atoms with Gasteiger partial charge in [-0.15, -0.1) is 11.3 Å². The minimum atomic E-state index is -3.81. The van der Waals surface area contributed by atoms with Gasteiger partial charge in [-0.25, -0.2) is 18.5 Å². The van der Waals surface area contributed by atoms with E-state index >= 15 is 0 Å². The van der Waals surface area contributed by atoms with Crippen LogP contribution in [-0.2, 0) is 10.0 Å². The van der Waals surface area contributed by atoms with Gasteiger partial charge < -0.3 is 5.32 Å². The van der Waals surface area contributed by atoms with Crippen molar-refractivity contribution in [2.45, 2.75) is 11.8 Å². The predicted octanol–water partition coefficient (Wildman–Crippen LogP) is 3.51. The molecule has 0 aliphatic rings. The van der Waals surface area contributed by atoms with Crippen molar-refractivity contribution in [2.24, 2.45) is 5.14 Å². The fraction of sp³-hybridized carbons (Fsp3) is 0.0625. The normalized spacial score (nSPS) is 11.4. The van der Waals surface area contributed by atoms with Gasteiger partial charge in [0.05, 0.1) is 11.4 Å². The molecule has 0 saturated heterocycles. The van der Waals surface area contributed by atoms with Crippen molar-refractivity contribution in [2.75, 3.05) is 5.32 Å². The number of rotatable bonds is 4. The van der Waals surface area contributed by atoms with Gasteiger partial charge in [0, 0.05) is 10.9 Å². The topological polar surface area (TPSA) is 85.1 Å². The summed E-state index contributed by atoms with van der Waals surface area (Å²) in [4.78, 5) is 4.56. The number of primary sulfonamides is 1. The highest BCUT2D eigenvalue weighted by Crippen LogP contribution is 2.30. The van der Waals surface area contributed by atoms with E-state index in [-0.39, 0.29) is 4.90 Å². The first kappa shape index (κ1) is 15.7. The van der Waals surface area contributed by atoms with Crippen LogP contribution in [0.5, 0.6) is 0 Å². The highest BCUT2D eigenvalue weighted by molar-refractivity contribution is 7.89. The molecule has 0 unspecified atom stereocenters. The minimum Gasteiger partial charge on any atom is -0.330 e. The predicted molar refractivity (Wildman–Crippen MR) is 93.4 cm³/mol. The average molecular weight is 345 g/mol. The SMILES string of the molecule is Cc1ccc(Nc2nc(-c3ccccc3)cs2)c(S(N)(=O)=O)c1. The number of aromatic nitrogens is 1. The number of nitrogens with one attached hydrogen (secondary N) is 1. The van der Waals surface area contributed by atoms with Crippen molar-refractivity contribution in [3.05, 3.63) is 59.5 Å². The second-order valence-corrected chi connectivity index (χ2v) is 7.46. The summed E-state index contributed by atoms with van der Waals surface area (Å²) in [5.41, 5.74) is 3.09. The van der Waals surface area contributed by atoms with Crippen molar-refractivity contribution in [3.63, 3.8) is 0 Å². The maximum Gasteiger partial charge on any atom is 0.240 e. The highest BCUT2D eigenvalue weighted by Gasteiger charge is 2.15. The Morgan fingerprint density at radius 3 is 2.57 bits per heavy atom. The molecule has 3 rings (SSSR count). The Hall–Kier alpha value is -2.22. The molecule has 0 radical (unpaired) electrons. The Morgan fingerprint density at radius 1 is 1.13 bits per heavy atom. The molecular formula is C16H15N3O2S2. The largest absolute Gasteiger partial charge is 0.330 e. The van der Waals surface area contributed by atoms with Crippen molar-refractivity contribution < 1.29 is 8.42 Å². The molecule has 3 N–H and O–H groups in total. The lowest BCUT2D eigenvalue weighted by atomic mass is 10.2. The van der Waals surface area contributed by atoms with Crippen molar-refractivity contribution in [3.8, 4) is 11.3 Å². The van der Waals surface area contributed by atoms with Crippen molar-refractivity contribution in [1.29, 1.82) is 0 Å². The molecule has 0 aliphatic heterocycles. The number of aryl methyl sites for hydroxylation is 1. The summed E-state index contributed by atoms with van der Waals surface area (Å²) in [5, 5.41) is 10.9. The van der Waals surface area contributed by atoms with E-state index in [0.29, 0.717) is 10.8 Å². The molecule has 0 spiro atoms. The van der Waals surface area contributed by atoms with Gasteiger partial charge in [0.2, 0.25) is 10.0 Å². The molecule has 0 saturated carbocycles. The maximum atomic E-state index is 11.7. The monoisotopic (exact) mass is 345 g/mol. The zero-order chi connectivity index (χ0) is 16.4. The molecule has 0 fully saturated rings. The highest BCUT2D eigenvalue weighted by atomic mass is 32.2. The molecule has 23 heavy (non-hydrogen) atoms. The third-order valence-corrected chi connectivity index (χ3v) is 4.97. The molecular weight excluding hydrogens is 330 g/mol. The second-order valence-electron chi connectivity index (χ2n) is 5.07. The van der Waals surface area contributed by atoms with Crippen molar-refractivity contribution in [1.82, 2.24) is 4.98 Å². The van der Waals surface area contributed by atoms with Crippen LogP contribution in [0.3, 0.4) is 0 Å². The maximum absolute atomic E-state index is 11.7. The van der Waals surface area contributed by atoms with Crippen LogP contribution in [0.4, 0.5) is 10.8 Å². The summed E-state index contributed by atoms with van der Waals surface area (Å²) < 4.78 is 23.5. The van der Waals surface area contributed by atoms with Crippen LogP contribution in [0, 0.1) is 6.92 Å². The zero-order valence-corrected chi connectivity index (χ0v) is 14.0. The lowest BCUT2D eigenvalue weighted by molar-refractivity contribution is 0.598. The molecule has 5 nitrogen and oxygen atoms in total. The van der Waals surface area contributed by atoms with E-state index in [4.69, 9.17) is 5.14 Å². The van der Waals surface area contributed by atoms with Crippen LogP contribution in [0.15, 0.2) is 58.8 Å². The number of hydrogen-bond donors (Lipinski definition) is 2. The van der Waals surface area contributed by atoms with Gasteiger partial charge in [0.15, 0.2) is 5.13 Å². The molecule has 7 heteroatoms. The third-order valence-electron chi connectivity index (χ3n) is 3.26. The van der Waals surface area contributed by atoms with Gasteiger partial charge in [0.1, 0.15) is 4.90 Å². The number of nitrogens with two attached hydrogens (primary N) is 1. The first-order chi connectivity index (χ1) is 10.9. The summed E-state index contributed by atoms with van der Waals surface area (Å²) in [6.07, 6.45) is 0. The fourth-order valence-corrected chi connectivity index (χ4v) is 3.66. The first-order valence-electron chi connectivity index (χ1n) is 6.85. The molecule has 0 amide bonds. The van der Waals surface area contributed by atoms with E-state index in [1.165, 1.54) is 11.3 Å². The Morgan fingerprint density at radius 2 is 1.87 bits per heavy atom. The summed E-state index contributed by atoms with van der Waals surface area (Å²) >= 11 is 1.40. The number of nitrogens with zero attached hydrogens (tertiary/aromatic N) is 1. The van der Waals surface area contributed by atoms with Crippen LogP contribution in [0.1, 0.15) is 5.56 Å². The quantitative estimate of drug-likeness (QED) is 0.758.